The number of hydrogen-bond donors (Lipinski definition) is 0. The largest absolute Gasteiger partial charge is 0.465 e. The quantitative estimate of drug-likeness (QED) is 0.408. The Kier molecular flexibility index (Phi) is 3.89. The molecule has 13 heavy (non-hydrogen) atoms. The second kappa shape index (κ2) is 4.54. The van der Waals surface area contributed by atoms with E-state index in [9.17, 15) is 9.18 Å². The molecule has 0 atom stereocenters. The number of hydrogen-bond acceptors (Lipinski definition) is 2. The van der Waals surface area contributed by atoms with Crippen molar-refractivity contribution < 1.29 is 13.9 Å². The zero-order valence-electron chi connectivity index (χ0n) is 6.61. The molecule has 1 aromatic rings. The summed E-state index contributed by atoms with van der Waals surface area (Å²) in [6.45, 7) is 0. The summed E-state index contributed by atoms with van der Waals surface area (Å²) in [7, 11) is 1.27. The highest BCUT2D eigenvalue weighted by atomic mass is 127. The van der Waals surface area contributed by atoms with Crippen LogP contribution in [-0.4, -0.2) is 13.1 Å². The molecule has 0 unspecified atom stereocenters. The van der Waals surface area contributed by atoms with Crippen LogP contribution in [0.25, 0.3) is 0 Å². The predicted octanol–water partition coefficient (Wildman–Crippen LogP) is 2.82. The van der Waals surface area contributed by atoms with Crippen molar-refractivity contribution >= 4 is 51.2 Å². The number of carbonyl (C=O) groups is 1. The molecule has 0 aliphatic carbocycles. The van der Waals surface area contributed by atoms with E-state index in [0.717, 1.165) is 0 Å². The van der Waals surface area contributed by atoms with Gasteiger partial charge in [0.2, 0.25) is 0 Å². The van der Waals surface area contributed by atoms with Crippen molar-refractivity contribution in [3.8, 4) is 0 Å². The van der Waals surface area contributed by atoms with Crippen molar-refractivity contribution in [2.45, 2.75) is 0 Å². The highest BCUT2D eigenvalue weighted by Gasteiger charge is 2.13. The molecule has 2 nitrogen and oxygen atoms in total. The fraction of sp³-hybridized carbons (Fsp3) is 0.125. The SMILES string of the molecule is COC(=O)c1cc(F)c(I)cc1I. The fourth-order valence-electron chi connectivity index (χ4n) is 0.789. The minimum atomic E-state index is -0.514. The first-order valence-corrected chi connectivity index (χ1v) is 5.45. The standard InChI is InChI=1S/C8H5FI2O2/c1-13-8(12)4-2-5(9)7(11)3-6(4)10/h2-3H,1H3. The average molecular weight is 406 g/mol. The van der Waals surface area contributed by atoms with Gasteiger partial charge in [0.1, 0.15) is 5.82 Å². The summed E-state index contributed by atoms with van der Waals surface area (Å²) in [5.41, 5.74) is 0.265. The van der Waals surface area contributed by atoms with Crippen LogP contribution in [0.15, 0.2) is 12.1 Å². The van der Waals surface area contributed by atoms with E-state index in [1.165, 1.54) is 13.2 Å². The van der Waals surface area contributed by atoms with Crippen LogP contribution in [0, 0.1) is 13.0 Å². The van der Waals surface area contributed by atoms with Crippen LogP contribution >= 0.6 is 45.2 Å². The van der Waals surface area contributed by atoms with Crippen molar-refractivity contribution in [1.82, 2.24) is 0 Å². The van der Waals surface area contributed by atoms with E-state index in [2.05, 4.69) is 4.74 Å². The number of benzene rings is 1. The van der Waals surface area contributed by atoms with Gasteiger partial charge in [-0.25, -0.2) is 9.18 Å². The molecular weight excluding hydrogens is 401 g/mol. The Hall–Kier alpha value is 0.0800. The van der Waals surface area contributed by atoms with E-state index < -0.39 is 11.8 Å². The normalized spacial score (nSPS) is 9.85. The van der Waals surface area contributed by atoms with Crippen LogP contribution in [0.3, 0.4) is 0 Å². The second-order valence-electron chi connectivity index (χ2n) is 2.24. The third-order valence-corrected chi connectivity index (χ3v) is 3.13. The van der Waals surface area contributed by atoms with Gasteiger partial charge in [0.05, 0.1) is 12.7 Å². The number of rotatable bonds is 1. The first-order chi connectivity index (χ1) is 6.06. The van der Waals surface area contributed by atoms with Crippen molar-refractivity contribution in [1.29, 1.82) is 0 Å². The first kappa shape index (κ1) is 11.2. The number of carbonyl (C=O) groups excluding carboxylic acids is 1. The molecule has 0 aromatic heterocycles. The highest BCUT2D eigenvalue weighted by Crippen LogP contribution is 2.19. The van der Waals surface area contributed by atoms with Gasteiger partial charge >= 0.3 is 5.97 Å². The summed E-state index contributed by atoms with van der Waals surface area (Å²) >= 11 is 3.84. The third-order valence-electron chi connectivity index (χ3n) is 1.42. The van der Waals surface area contributed by atoms with Gasteiger partial charge in [0.25, 0.3) is 0 Å². The zero-order valence-corrected chi connectivity index (χ0v) is 10.9. The number of ether oxygens (including phenoxy) is 1. The summed E-state index contributed by atoms with van der Waals surface area (Å²) in [5, 5.41) is 0. The van der Waals surface area contributed by atoms with Gasteiger partial charge < -0.3 is 4.74 Å². The van der Waals surface area contributed by atoms with Crippen LogP contribution in [0.1, 0.15) is 10.4 Å². The summed E-state index contributed by atoms with van der Waals surface area (Å²) in [5.74, 6) is -0.916. The Balaban J connectivity index is 3.23. The maximum absolute atomic E-state index is 13.0. The van der Waals surface area contributed by atoms with Crippen LogP contribution in [0.2, 0.25) is 0 Å². The molecule has 0 saturated carbocycles. The predicted molar refractivity (Wildman–Crippen MR) is 63.2 cm³/mol. The zero-order chi connectivity index (χ0) is 10.0. The summed E-state index contributed by atoms with van der Waals surface area (Å²) < 4.78 is 18.7. The topological polar surface area (TPSA) is 26.3 Å². The molecule has 0 spiro atoms. The van der Waals surface area contributed by atoms with Gasteiger partial charge in [-0.2, -0.15) is 0 Å². The Morgan fingerprint density at radius 1 is 1.38 bits per heavy atom. The molecule has 70 valence electrons. The van der Waals surface area contributed by atoms with Crippen molar-refractivity contribution in [3.63, 3.8) is 0 Å². The smallest absolute Gasteiger partial charge is 0.339 e. The molecule has 0 heterocycles. The van der Waals surface area contributed by atoms with Crippen LogP contribution in [0.5, 0.6) is 0 Å². The molecule has 1 rings (SSSR count). The molecular formula is C8H5FI2O2. The van der Waals surface area contributed by atoms with E-state index >= 15 is 0 Å². The monoisotopic (exact) mass is 406 g/mol. The molecule has 0 aliphatic rings. The highest BCUT2D eigenvalue weighted by molar-refractivity contribution is 14.1. The molecule has 5 heteroatoms. The lowest BCUT2D eigenvalue weighted by atomic mass is 10.2. The summed E-state index contributed by atoms with van der Waals surface area (Å²) in [6.07, 6.45) is 0. The van der Waals surface area contributed by atoms with Gasteiger partial charge in [-0.15, -0.1) is 0 Å². The number of esters is 1. The van der Waals surface area contributed by atoms with Gasteiger partial charge in [-0.1, -0.05) is 0 Å². The molecule has 0 amide bonds. The van der Waals surface area contributed by atoms with Crippen LogP contribution < -0.4 is 0 Å². The molecule has 0 radical (unpaired) electrons. The third kappa shape index (κ3) is 2.52. The minimum absolute atomic E-state index is 0.265. The molecule has 0 saturated heterocycles. The number of methoxy groups -OCH3 is 1. The number of halogens is 3. The lowest BCUT2D eigenvalue weighted by molar-refractivity contribution is 0.0599. The first-order valence-electron chi connectivity index (χ1n) is 3.29. The minimum Gasteiger partial charge on any atom is -0.465 e. The molecule has 1 aromatic carbocycles. The Bertz CT molecular complexity index is 352. The van der Waals surface area contributed by atoms with E-state index in [0.29, 0.717) is 7.14 Å². The average Bonchev–Trinajstić information content (AvgIpc) is 2.10. The van der Waals surface area contributed by atoms with E-state index in [1.807, 2.05) is 45.2 Å². The van der Waals surface area contributed by atoms with Crippen molar-refractivity contribution in [2.75, 3.05) is 7.11 Å². The maximum atomic E-state index is 13.0. The molecule has 0 fully saturated rings. The van der Waals surface area contributed by atoms with Gasteiger partial charge in [-0.05, 0) is 57.3 Å². The Morgan fingerprint density at radius 2 is 2.00 bits per heavy atom. The molecule has 0 bridgehead atoms. The summed E-state index contributed by atoms with van der Waals surface area (Å²) in [4.78, 5) is 11.1. The second-order valence-corrected chi connectivity index (χ2v) is 4.56. The van der Waals surface area contributed by atoms with E-state index in [1.54, 1.807) is 6.07 Å². The van der Waals surface area contributed by atoms with E-state index in [-0.39, 0.29) is 5.56 Å². The molecule has 0 aliphatic heterocycles. The summed E-state index contributed by atoms with van der Waals surface area (Å²) in [6, 6.07) is 2.79. The maximum Gasteiger partial charge on any atom is 0.339 e. The lowest BCUT2D eigenvalue weighted by Gasteiger charge is -2.03. The van der Waals surface area contributed by atoms with Crippen molar-refractivity contribution in [2.24, 2.45) is 0 Å². The van der Waals surface area contributed by atoms with Gasteiger partial charge in [0, 0.05) is 7.14 Å². The fourth-order valence-corrected chi connectivity index (χ4v) is 2.54. The Labute approximate surface area is 102 Å². The van der Waals surface area contributed by atoms with Crippen LogP contribution in [0.4, 0.5) is 4.39 Å². The van der Waals surface area contributed by atoms with Gasteiger partial charge in [-0.3, -0.25) is 0 Å². The van der Waals surface area contributed by atoms with Gasteiger partial charge in [0.15, 0.2) is 0 Å². The molecule has 0 N–H and O–H groups in total. The van der Waals surface area contributed by atoms with Crippen LogP contribution in [-0.2, 0) is 4.74 Å². The van der Waals surface area contributed by atoms with Crippen molar-refractivity contribution in [3.05, 3.63) is 30.7 Å². The van der Waals surface area contributed by atoms with E-state index in [4.69, 9.17) is 0 Å². The Morgan fingerprint density at radius 3 is 2.54 bits per heavy atom. The lowest BCUT2D eigenvalue weighted by Crippen LogP contribution is -2.05.